The SMILES string of the molecule is CSc1ncc(Cl)c(C(=O)NCC(=O)N2CCOCC2)n1. The van der Waals surface area contributed by atoms with Gasteiger partial charge in [0, 0.05) is 13.1 Å². The molecule has 21 heavy (non-hydrogen) atoms. The summed E-state index contributed by atoms with van der Waals surface area (Å²) in [5.41, 5.74) is 0.0748. The molecule has 0 saturated carbocycles. The van der Waals surface area contributed by atoms with Crippen molar-refractivity contribution in [3.8, 4) is 0 Å². The maximum Gasteiger partial charge on any atom is 0.272 e. The van der Waals surface area contributed by atoms with E-state index in [1.165, 1.54) is 18.0 Å². The van der Waals surface area contributed by atoms with E-state index in [0.29, 0.717) is 31.5 Å². The molecule has 9 heteroatoms. The number of nitrogens with one attached hydrogen (secondary N) is 1. The van der Waals surface area contributed by atoms with E-state index in [2.05, 4.69) is 15.3 Å². The van der Waals surface area contributed by atoms with Crippen LogP contribution in [0.3, 0.4) is 0 Å². The topological polar surface area (TPSA) is 84.4 Å². The molecule has 1 aliphatic rings. The van der Waals surface area contributed by atoms with Gasteiger partial charge in [-0.05, 0) is 6.26 Å². The van der Waals surface area contributed by atoms with Gasteiger partial charge in [-0.2, -0.15) is 0 Å². The summed E-state index contributed by atoms with van der Waals surface area (Å²) in [5, 5.41) is 3.14. The van der Waals surface area contributed by atoms with Gasteiger partial charge in [0.15, 0.2) is 10.9 Å². The summed E-state index contributed by atoms with van der Waals surface area (Å²) in [6.45, 7) is 2.04. The van der Waals surface area contributed by atoms with Crippen molar-refractivity contribution in [2.75, 3.05) is 39.1 Å². The van der Waals surface area contributed by atoms with Crippen molar-refractivity contribution in [2.24, 2.45) is 0 Å². The van der Waals surface area contributed by atoms with Crippen LogP contribution < -0.4 is 5.32 Å². The molecule has 0 unspecified atom stereocenters. The van der Waals surface area contributed by atoms with Crippen LogP contribution in [0, 0.1) is 0 Å². The first-order chi connectivity index (χ1) is 10.1. The molecule has 0 aliphatic carbocycles. The largest absolute Gasteiger partial charge is 0.378 e. The number of hydrogen-bond acceptors (Lipinski definition) is 6. The first-order valence-electron chi connectivity index (χ1n) is 6.32. The minimum atomic E-state index is -0.487. The van der Waals surface area contributed by atoms with Crippen LogP contribution in [-0.4, -0.2) is 65.8 Å². The highest BCUT2D eigenvalue weighted by Crippen LogP contribution is 2.16. The molecule has 1 aliphatic heterocycles. The molecule has 1 N–H and O–H groups in total. The van der Waals surface area contributed by atoms with Crippen molar-refractivity contribution >= 4 is 35.2 Å². The minimum Gasteiger partial charge on any atom is -0.378 e. The van der Waals surface area contributed by atoms with E-state index >= 15 is 0 Å². The molecule has 114 valence electrons. The Bertz CT molecular complexity index is 537. The zero-order chi connectivity index (χ0) is 15.2. The zero-order valence-corrected chi connectivity index (χ0v) is 13.0. The van der Waals surface area contributed by atoms with Gasteiger partial charge in [-0.15, -0.1) is 0 Å². The molecule has 0 radical (unpaired) electrons. The van der Waals surface area contributed by atoms with Gasteiger partial charge in [-0.25, -0.2) is 9.97 Å². The number of carbonyl (C=O) groups is 2. The quantitative estimate of drug-likeness (QED) is 0.637. The van der Waals surface area contributed by atoms with E-state index in [1.54, 1.807) is 11.2 Å². The molecule has 0 atom stereocenters. The molecular formula is C12H15ClN4O3S. The lowest BCUT2D eigenvalue weighted by atomic mass is 10.3. The summed E-state index contributed by atoms with van der Waals surface area (Å²) in [6, 6.07) is 0. The van der Waals surface area contributed by atoms with E-state index in [4.69, 9.17) is 16.3 Å². The Morgan fingerprint density at radius 3 is 2.86 bits per heavy atom. The molecule has 2 heterocycles. The van der Waals surface area contributed by atoms with Crippen molar-refractivity contribution in [3.05, 3.63) is 16.9 Å². The summed E-state index contributed by atoms with van der Waals surface area (Å²) in [7, 11) is 0. The molecule has 0 spiro atoms. The van der Waals surface area contributed by atoms with Crippen molar-refractivity contribution in [2.45, 2.75) is 5.16 Å². The first-order valence-corrected chi connectivity index (χ1v) is 7.92. The molecule has 1 aromatic rings. The number of amides is 2. The third kappa shape index (κ3) is 4.29. The first kappa shape index (κ1) is 16.0. The molecule has 0 aromatic carbocycles. The molecule has 1 aromatic heterocycles. The van der Waals surface area contributed by atoms with Crippen molar-refractivity contribution in [1.82, 2.24) is 20.2 Å². The summed E-state index contributed by atoms with van der Waals surface area (Å²) in [4.78, 5) is 33.6. The number of nitrogens with zero attached hydrogens (tertiary/aromatic N) is 3. The van der Waals surface area contributed by atoms with Crippen molar-refractivity contribution < 1.29 is 14.3 Å². The van der Waals surface area contributed by atoms with Crippen LogP contribution in [0.1, 0.15) is 10.5 Å². The number of carbonyl (C=O) groups excluding carboxylic acids is 2. The van der Waals surface area contributed by atoms with E-state index in [1.807, 2.05) is 0 Å². The Hall–Kier alpha value is -1.38. The van der Waals surface area contributed by atoms with Gasteiger partial charge in [0.1, 0.15) is 0 Å². The Morgan fingerprint density at radius 1 is 1.48 bits per heavy atom. The van der Waals surface area contributed by atoms with Crippen LogP contribution >= 0.6 is 23.4 Å². The predicted molar refractivity (Wildman–Crippen MR) is 78.6 cm³/mol. The molecule has 2 rings (SSSR count). The molecule has 1 saturated heterocycles. The Labute approximate surface area is 131 Å². The summed E-state index contributed by atoms with van der Waals surface area (Å²) in [6.07, 6.45) is 3.17. The second kappa shape index (κ2) is 7.58. The van der Waals surface area contributed by atoms with Gasteiger partial charge in [0.05, 0.1) is 31.0 Å². The van der Waals surface area contributed by atoms with E-state index < -0.39 is 5.91 Å². The lowest BCUT2D eigenvalue weighted by Gasteiger charge is -2.26. The third-order valence-electron chi connectivity index (χ3n) is 2.88. The maximum atomic E-state index is 12.0. The summed E-state index contributed by atoms with van der Waals surface area (Å²) in [5.74, 6) is -0.638. The van der Waals surface area contributed by atoms with Crippen LogP contribution in [0.4, 0.5) is 0 Å². The lowest BCUT2D eigenvalue weighted by Crippen LogP contribution is -2.45. The minimum absolute atomic E-state index is 0.0748. The van der Waals surface area contributed by atoms with E-state index in [0.717, 1.165) is 0 Å². The van der Waals surface area contributed by atoms with Gasteiger partial charge >= 0.3 is 0 Å². The number of halogens is 1. The Morgan fingerprint density at radius 2 is 2.19 bits per heavy atom. The summed E-state index contributed by atoms with van der Waals surface area (Å²) >= 11 is 7.21. The van der Waals surface area contributed by atoms with Gasteiger partial charge in [-0.1, -0.05) is 23.4 Å². The smallest absolute Gasteiger partial charge is 0.272 e. The zero-order valence-electron chi connectivity index (χ0n) is 11.5. The van der Waals surface area contributed by atoms with Crippen LogP contribution in [0.25, 0.3) is 0 Å². The number of aromatic nitrogens is 2. The molecule has 2 amide bonds. The third-order valence-corrected chi connectivity index (χ3v) is 3.72. The average molecular weight is 331 g/mol. The number of morpholine rings is 1. The number of hydrogen-bond donors (Lipinski definition) is 1. The highest BCUT2D eigenvalue weighted by Gasteiger charge is 2.19. The predicted octanol–water partition coefficient (Wildman–Crippen LogP) is 0.440. The van der Waals surface area contributed by atoms with Gasteiger partial charge in [-0.3, -0.25) is 9.59 Å². The highest BCUT2D eigenvalue weighted by atomic mass is 35.5. The lowest BCUT2D eigenvalue weighted by molar-refractivity contribution is -0.134. The fourth-order valence-electron chi connectivity index (χ4n) is 1.77. The Kier molecular flexibility index (Phi) is 5.77. The second-order valence-electron chi connectivity index (χ2n) is 4.23. The monoisotopic (exact) mass is 330 g/mol. The molecule has 0 bridgehead atoms. The number of thioether (sulfide) groups is 1. The van der Waals surface area contributed by atoms with Gasteiger partial charge in [0.2, 0.25) is 5.91 Å². The van der Waals surface area contributed by atoms with Crippen molar-refractivity contribution in [1.29, 1.82) is 0 Å². The van der Waals surface area contributed by atoms with E-state index in [-0.39, 0.29) is 23.2 Å². The standard InChI is InChI=1S/C12H15ClN4O3S/c1-21-12-15-6-8(13)10(16-12)11(19)14-7-9(18)17-2-4-20-5-3-17/h6H,2-5,7H2,1H3,(H,14,19). The Balaban J connectivity index is 1.93. The normalized spacial score (nSPS) is 14.9. The molecular weight excluding hydrogens is 316 g/mol. The number of ether oxygens (including phenoxy) is 1. The van der Waals surface area contributed by atoms with Crippen LogP contribution in [0.2, 0.25) is 5.02 Å². The average Bonchev–Trinajstić information content (AvgIpc) is 2.53. The highest BCUT2D eigenvalue weighted by molar-refractivity contribution is 7.98. The summed E-state index contributed by atoms with van der Waals surface area (Å²) < 4.78 is 5.17. The van der Waals surface area contributed by atoms with Crippen LogP contribution in [-0.2, 0) is 9.53 Å². The molecule has 1 fully saturated rings. The van der Waals surface area contributed by atoms with Crippen molar-refractivity contribution in [3.63, 3.8) is 0 Å². The van der Waals surface area contributed by atoms with Gasteiger partial charge in [0.25, 0.3) is 5.91 Å². The van der Waals surface area contributed by atoms with Crippen LogP contribution in [0.5, 0.6) is 0 Å². The number of rotatable bonds is 4. The van der Waals surface area contributed by atoms with Gasteiger partial charge < -0.3 is 15.0 Å². The molecule has 7 nitrogen and oxygen atoms in total. The van der Waals surface area contributed by atoms with Crippen LogP contribution in [0.15, 0.2) is 11.4 Å². The fraction of sp³-hybridized carbons (Fsp3) is 0.500. The second-order valence-corrected chi connectivity index (χ2v) is 5.41. The van der Waals surface area contributed by atoms with E-state index in [9.17, 15) is 9.59 Å². The fourth-order valence-corrected chi connectivity index (χ4v) is 2.29. The maximum absolute atomic E-state index is 12.0.